The molecule has 4 amide bonds. The molecule has 0 spiro atoms. The highest BCUT2D eigenvalue weighted by Crippen LogP contribution is 2.41. The molecule has 2 aromatic heterocycles. The molecule has 1 saturated heterocycles. The molecule has 3 aliphatic rings. The van der Waals surface area contributed by atoms with Crippen molar-refractivity contribution >= 4 is 51.9 Å². The number of alkyl halides is 6. The molecular formula is C58H60BBrF6N10O4. The molecule has 0 bridgehead atoms. The first kappa shape index (κ1) is 60.2. The van der Waals surface area contributed by atoms with E-state index >= 15 is 0 Å². The summed E-state index contributed by atoms with van der Waals surface area (Å²) < 4.78 is 88.9. The lowest BCUT2D eigenvalue weighted by Crippen LogP contribution is -2.49. The predicted octanol–water partition coefficient (Wildman–Crippen LogP) is 13.7. The Morgan fingerprint density at radius 1 is 0.588 bits per heavy atom. The Morgan fingerprint density at radius 3 is 1.45 bits per heavy atom. The Balaban J connectivity index is 0.000000194. The Labute approximate surface area is 469 Å². The lowest BCUT2D eigenvalue weighted by atomic mass is 9.76. The van der Waals surface area contributed by atoms with Crippen LogP contribution in [0.25, 0.3) is 11.1 Å². The molecular weight excluding hydrogens is 1110 g/mol. The SMILES string of the molecule is Cc1cc(NC(=O)NC2(c3ccnc(C#N)n3)CCCCC2)ccc1-c1ccccc1C(F)(F)F.Cc1cc(NC(=O)NC2(c3ccnc(C#N)n3)CCCCC2)ccc1B1OC(C)(C)C(C)(C)O1.FC(F)(F)c1ccccc1Br. The Kier molecular flexibility index (Phi) is 18.8. The lowest BCUT2D eigenvalue weighted by molar-refractivity contribution is -0.138. The van der Waals surface area contributed by atoms with Gasteiger partial charge >= 0.3 is 31.5 Å². The zero-order chi connectivity index (χ0) is 58.1. The normalized spacial score (nSPS) is 16.9. The number of benzene rings is 4. The smallest absolute Gasteiger partial charge is 0.399 e. The second kappa shape index (κ2) is 25.0. The van der Waals surface area contributed by atoms with Crippen LogP contribution in [-0.2, 0) is 32.7 Å². The lowest BCUT2D eigenvalue weighted by Gasteiger charge is -2.37. The number of hydrogen-bond acceptors (Lipinski definition) is 10. The molecule has 0 atom stereocenters. The number of carbonyl (C=O) groups is 2. The number of nitrogens with one attached hydrogen (secondary N) is 4. The maximum Gasteiger partial charge on any atom is 0.495 e. The number of nitrogens with zero attached hydrogens (tertiary/aromatic N) is 6. The van der Waals surface area contributed by atoms with E-state index in [9.17, 15) is 46.5 Å². The van der Waals surface area contributed by atoms with E-state index in [-0.39, 0.29) is 27.7 Å². The molecule has 418 valence electrons. The first-order valence-corrected chi connectivity index (χ1v) is 26.8. The molecule has 6 aromatic rings. The highest BCUT2D eigenvalue weighted by atomic mass is 79.9. The summed E-state index contributed by atoms with van der Waals surface area (Å²) in [6.45, 7) is 11.8. The van der Waals surface area contributed by atoms with Crippen molar-refractivity contribution in [3.8, 4) is 23.3 Å². The van der Waals surface area contributed by atoms with Crippen LogP contribution in [-0.4, -0.2) is 50.3 Å². The minimum absolute atomic E-state index is 0.0417. The van der Waals surface area contributed by atoms with E-state index in [1.807, 2.05) is 65.0 Å². The van der Waals surface area contributed by atoms with Gasteiger partial charge in [-0.1, -0.05) is 96.9 Å². The fourth-order valence-corrected chi connectivity index (χ4v) is 10.5. The molecule has 2 saturated carbocycles. The molecule has 80 heavy (non-hydrogen) atoms. The number of aryl methyl sites for hydroxylation is 2. The number of aromatic nitrogens is 4. The van der Waals surface area contributed by atoms with Crippen LogP contribution < -0.4 is 26.7 Å². The van der Waals surface area contributed by atoms with Crippen LogP contribution >= 0.6 is 15.9 Å². The van der Waals surface area contributed by atoms with E-state index in [0.717, 1.165) is 74.5 Å². The zero-order valence-corrected chi connectivity index (χ0v) is 46.6. The van der Waals surface area contributed by atoms with Gasteiger partial charge in [0.05, 0.1) is 44.8 Å². The number of anilines is 2. The number of halogens is 7. The van der Waals surface area contributed by atoms with Gasteiger partial charge in [-0.15, -0.1) is 0 Å². The Hall–Kier alpha value is -7.40. The fraction of sp³-hybridized carbons (Fsp3) is 0.379. The zero-order valence-electron chi connectivity index (χ0n) is 45.0. The van der Waals surface area contributed by atoms with Gasteiger partial charge in [0.2, 0.25) is 11.6 Å². The second-order valence-corrected chi connectivity index (χ2v) is 21.8. The maximum atomic E-state index is 13.5. The summed E-state index contributed by atoms with van der Waals surface area (Å²) in [7, 11) is -0.453. The summed E-state index contributed by atoms with van der Waals surface area (Å²) in [6, 6.07) is 27.9. The first-order valence-electron chi connectivity index (χ1n) is 26.0. The van der Waals surface area contributed by atoms with Crippen LogP contribution in [0.1, 0.15) is 137 Å². The van der Waals surface area contributed by atoms with Gasteiger partial charge in [0.1, 0.15) is 12.1 Å². The van der Waals surface area contributed by atoms with Crippen molar-refractivity contribution in [1.29, 1.82) is 10.5 Å². The number of nitriles is 2. The molecule has 2 aliphatic carbocycles. The van der Waals surface area contributed by atoms with Crippen LogP contribution in [0.5, 0.6) is 0 Å². The first-order chi connectivity index (χ1) is 37.8. The van der Waals surface area contributed by atoms with Crippen molar-refractivity contribution in [2.75, 3.05) is 10.6 Å². The molecule has 0 unspecified atom stereocenters. The summed E-state index contributed by atoms with van der Waals surface area (Å²) in [4.78, 5) is 42.7. The molecule has 3 fully saturated rings. The van der Waals surface area contributed by atoms with Crippen LogP contribution in [0.15, 0.2) is 114 Å². The van der Waals surface area contributed by atoms with Crippen molar-refractivity contribution in [3.05, 3.63) is 159 Å². The summed E-state index contributed by atoms with van der Waals surface area (Å²) >= 11 is 2.81. The quantitative estimate of drug-likeness (QED) is 0.0840. The van der Waals surface area contributed by atoms with Gasteiger partial charge in [-0.2, -0.15) is 36.9 Å². The molecule has 0 radical (unpaired) electrons. The van der Waals surface area contributed by atoms with Gasteiger partial charge in [0.15, 0.2) is 0 Å². The number of urea groups is 2. The predicted molar refractivity (Wildman–Crippen MR) is 295 cm³/mol. The molecule has 9 rings (SSSR count). The van der Waals surface area contributed by atoms with Crippen LogP contribution in [0.4, 0.5) is 47.3 Å². The van der Waals surface area contributed by atoms with E-state index in [2.05, 4.69) is 57.1 Å². The van der Waals surface area contributed by atoms with Crippen molar-refractivity contribution in [2.24, 2.45) is 0 Å². The maximum absolute atomic E-state index is 13.5. The number of amides is 4. The van der Waals surface area contributed by atoms with Crippen molar-refractivity contribution in [3.63, 3.8) is 0 Å². The van der Waals surface area contributed by atoms with Gasteiger partial charge in [-0.3, -0.25) is 0 Å². The van der Waals surface area contributed by atoms with E-state index in [1.54, 1.807) is 55.6 Å². The van der Waals surface area contributed by atoms with Crippen molar-refractivity contribution < 1.29 is 45.2 Å². The van der Waals surface area contributed by atoms with E-state index in [4.69, 9.17) is 9.31 Å². The van der Waals surface area contributed by atoms with E-state index < -0.39 is 58.9 Å². The topological polar surface area (TPSA) is 200 Å². The van der Waals surface area contributed by atoms with Gasteiger partial charge in [0, 0.05) is 28.2 Å². The summed E-state index contributed by atoms with van der Waals surface area (Å²) in [5, 5.41) is 30.4. The average Bonchev–Trinajstić information content (AvgIpc) is 3.69. The summed E-state index contributed by atoms with van der Waals surface area (Å²) in [5.41, 5.74) is 1.94. The highest BCUT2D eigenvalue weighted by molar-refractivity contribution is 9.10. The molecule has 14 nitrogen and oxygen atoms in total. The van der Waals surface area contributed by atoms with Gasteiger partial charge < -0.3 is 30.6 Å². The molecule has 3 heterocycles. The monoisotopic (exact) mass is 1160 g/mol. The van der Waals surface area contributed by atoms with E-state index in [1.165, 1.54) is 30.5 Å². The van der Waals surface area contributed by atoms with Crippen molar-refractivity contribution in [1.82, 2.24) is 30.6 Å². The third-order valence-corrected chi connectivity index (χ3v) is 15.5. The minimum Gasteiger partial charge on any atom is -0.399 e. The van der Waals surface area contributed by atoms with E-state index in [0.29, 0.717) is 46.7 Å². The summed E-state index contributed by atoms with van der Waals surface area (Å²) in [6.07, 6.45) is 3.15. The Morgan fingerprint density at radius 2 is 1.02 bits per heavy atom. The number of carbonyl (C=O) groups excluding carboxylic acids is 2. The van der Waals surface area contributed by atoms with Crippen LogP contribution in [0, 0.1) is 36.5 Å². The standard InChI is InChI=1S/C26H24F3N5O.C25H32BN5O3.C7H4BrF3/c1-17-15-18(9-10-19(17)20-7-3-4-8-21(20)26(27,28)29)32-24(35)34-25(12-5-2-6-13-25)22-11-14-31-23(16-30)33-22;1-17-15-18(9-10-19(17)26-33-23(2,3)24(4,5)34-26)29-22(32)31-25(12-7-6-8-13-25)20-11-14-28-21(16-27)30-20;8-6-4-2-1-3-5(6)7(9,10)11/h3-4,7-11,14-15H,2,5-6,12-13H2,1H3,(H2,32,34,35);9-11,14-15H,6-8,12-13H2,1-5H3,(H2,29,31,32);1-4H. The number of hydrogen-bond donors (Lipinski definition) is 4. The molecule has 22 heteroatoms. The number of rotatable bonds is 8. The third kappa shape index (κ3) is 14.5. The third-order valence-electron chi connectivity index (χ3n) is 14.8. The molecule has 4 N–H and O–H groups in total. The van der Waals surface area contributed by atoms with Crippen molar-refractivity contribution in [2.45, 2.75) is 140 Å². The second-order valence-electron chi connectivity index (χ2n) is 20.9. The Bertz CT molecular complexity index is 3260. The highest BCUT2D eigenvalue weighted by Gasteiger charge is 2.52. The van der Waals surface area contributed by atoms with Gasteiger partial charge in [0.25, 0.3) is 0 Å². The van der Waals surface area contributed by atoms with Crippen LogP contribution in [0.2, 0.25) is 0 Å². The molecule has 4 aromatic carbocycles. The van der Waals surface area contributed by atoms with Gasteiger partial charge in [-0.05, 0) is 150 Å². The minimum atomic E-state index is -4.47. The van der Waals surface area contributed by atoms with Crippen LogP contribution in [0.3, 0.4) is 0 Å². The largest absolute Gasteiger partial charge is 0.495 e. The molecule has 1 aliphatic heterocycles. The summed E-state index contributed by atoms with van der Waals surface area (Å²) in [5.74, 6) is 0.151. The van der Waals surface area contributed by atoms with Gasteiger partial charge in [-0.25, -0.2) is 29.5 Å². The average molecular weight is 1170 g/mol. The fourth-order valence-electron chi connectivity index (χ4n) is 10.0.